The molecular weight excluding hydrogens is 410 g/mol. The number of carbonyl (C=O) groups is 1. The molecule has 5 heteroatoms. The Labute approximate surface area is 195 Å². The monoisotopic (exact) mass is 443 g/mol. The zero-order valence-corrected chi connectivity index (χ0v) is 19.8. The van der Waals surface area contributed by atoms with E-state index in [-0.39, 0.29) is 11.7 Å². The number of benzene rings is 2. The van der Waals surface area contributed by atoms with Crippen molar-refractivity contribution in [2.24, 2.45) is 5.92 Å². The summed E-state index contributed by atoms with van der Waals surface area (Å²) in [6.45, 7) is 1.91. The molecule has 2 fully saturated rings. The molecule has 0 amide bonds. The number of aromatic nitrogens is 1. The number of hydrogen-bond acceptors (Lipinski definition) is 5. The quantitative estimate of drug-likeness (QED) is 0.472. The third-order valence-corrected chi connectivity index (χ3v) is 7.39. The Hall–Kier alpha value is -2.92. The third kappa shape index (κ3) is 4.47. The molecule has 2 aromatic carbocycles. The molecule has 0 aliphatic heterocycles. The van der Waals surface area contributed by atoms with Gasteiger partial charge in [0.15, 0.2) is 5.78 Å². The molecule has 0 saturated heterocycles. The lowest BCUT2D eigenvalue weighted by atomic mass is 9.89. The van der Waals surface area contributed by atoms with Gasteiger partial charge in [-0.05, 0) is 100 Å². The van der Waals surface area contributed by atoms with Gasteiger partial charge in [0.2, 0.25) is 0 Å². The molecule has 2 aliphatic rings. The largest absolute Gasteiger partial charge is 0.508 e. The molecule has 2 aliphatic carbocycles. The number of carbonyl (C=O) groups excluding carboxylic acids is 1. The second kappa shape index (κ2) is 8.79. The van der Waals surface area contributed by atoms with Gasteiger partial charge in [-0.2, -0.15) is 0 Å². The van der Waals surface area contributed by atoms with E-state index >= 15 is 0 Å². The number of nitrogens with zero attached hydrogens (tertiary/aromatic N) is 2. The molecule has 33 heavy (non-hydrogen) atoms. The number of aryl methyl sites for hydroxylation is 1. The lowest BCUT2D eigenvalue weighted by Crippen LogP contribution is -2.36. The summed E-state index contributed by atoms with van der Waals surface area (Å²) >= 11 is 0. The van der Waals surface area contributed by atoms with Gasteiger partial charge in [-0.25, -0.2) is 0 Å². The minimum absolute atomic E-state index is 0.150. The lowest BCUT2D eigenvalue weighted by molar-refractivity contribution is 0.0968. The number of anilines is 1. The number of ketones is 1. The molecule has 2 N–H and O–H groups in total. The van der Waals surface area contributed by atoms with Crippen molar-refractivity contribution < 1.29 is 9.90 Å². The maximum absolute atomic E-state index is 13.2. The number of Topliss-reactive ketones (excluding diaryl/α,β-unsaturated/α-hetero) is 1. The van der Waals surface area contributed by atoms with Gasteiger partial charge in [-0.3, -0.25) is 9.78 Å². The molecule has 5 rings (SSSR count). The number of nitrogens with one attached hydrogen (secondary N) is 1. The lowest BCUT2D eigenvalue weighted by Gasteiger charge is -2.34. The van der Waals surface area contributed by atoms with Crippen LogP contribution in [0, 0.1) is 12.8 Å². The van der Waals surface area contributed by atoms with Gasteiger partial charge in [0.25, 0.3) is 0 Å². The number of rotatable bonds is 6. The SMILES string of the molecule is Cc1cc(-c2ccc3ncc(C(=O)C4CC4)c(NC4CCC(N(C)C)CC4)c3c2)ccc1O. The molecule has 1 aromatic heterocycles. The summed E-state index contributed by atoms with van der Waals surface area (Å²) in [6.07, 6.45) is 8.27. The van der Waals surface area contributed by atoms with Crippen LogP contribution in [0.4, 0.5) is 5.69 Å². The van der Waals surface area contributed by atoms with E-state index < -0.39 is 0 Å². The average Bonchev–Trinajstić information content (AvgIpc) is 3.66. The standard InChI is InChI=1S/C28H33N3O2/c1-17-14-19(7-13-26(17)32)20-6-12-25-23(15-20)27(24(16-29-25)28(33)18-4-5-18)30-21-8-10-22(11-9-21)31(2)3/h6-7,12-16,18,21-22,32H,4-5,8-11H2,1-3H3,(H,29,30). The van der Waals surface area contributed by atoms with E-state index in [1.54, 1.807) is 12.3 Å². The Morgan fingerprint density at radius 3 is 2.36 bits per heavy atom. The van der Waals surface area contributed by atoms with Crippen molar-refractivity contribution in [1.29, 1.82) is 0 Å². The predicted octanol–water partition coefficient (Wildman–Crippen LogP) is 5.79. The summed E-state index contributed by atoms with van der Waals surface area (Å²) in [5.41, 5.74) is 5.53. The fourth-order valence-electron chi connectivity index (χ4n) is 5.06. The van der Waals surface area contributed by atoms with Gasteiger partial charge in [0.1, 0.15) is 5.75 Å². The number of hydrogen-bond donors (Lipinski definition) is 2. The summed E-state index contributed by atoms with van der Waals surface area (Å²) in [5.74, 6) is 0.672. The van der Waals surface area contributed by atoms with Gasteiger partial charge >= 0.3 is 0 Å². The molecule has 1 heterocycles. The first-order chi connectivity index (χ1) is 15.9. The first-order valence-electron chi connectivity index (χ1n) is 12.1. The Morgan fingerprint density at radius 1 is 1.00 bits per heavy atom. The molecule has 0 spiro atoms. The van der Waals surface area contributed by atoms with Crippen LogP contribution in [0.25, 0.3) is 22.0 Å². The normalized spacial score (nSPS) is 20.8. The molecule has 0 bridgehead atoms. The van der Waals surface area contributed by atoms with Crippen LogP contribution in [0.15, 0.2) is 42.6 Å². The van der Waals surface area contributed by atoms with Crippen LogP contribution in [-0.4, -0.2) is 47.0 Å². The molecule has 3 aromatic rings. The van der Waals surface area contributed by atoms with E-state index in [2.05, 4.69) is 41.4 Å². The number of phenolic OH excluding ortho intramolecular Hbond substituents is 1. The fraction of sp³-hybridized carbons (Fsp3) is 0.429. The Kier molecular flexibility index (Phi) is 5.83. The van der Waals surface area contributed by atoms with Gasteiger partial charge in [0, 0.05) is 29.6 Å². The van der Waals surface area contributed by atoms with Crippen LogP contribution < -0.4 is 5.32 Å². The van der Waals surface area contributed by atoms with Crippen LogP contribution in [0.2, 0.25) is 0 Å². The fourth-order valence-corrected chi connectivity index (χ4v) is 5.06. The van der Waals surface area contributed by atoms with Gasteiger partial charge in [-0.1, -0.05) is 12.1 Å². The first-order valence-corrected chi connectivity index (χ1v) is 12.1. The predicted molar refractivity (Wildman–Crippen MR) is 134 cm³/mol. The van der Waals surface area contributed by atoms with Gasteiger partial charge < -0.3 is 15.3 Å². The summed E-state index contributed by atoms with van der Waals surface area (Å²) in [4.78, 5) is 20.2. The molecule has 172 valence electrons. The van der Waals surface area contributed by atoms with Crippen molar-refractivity contribution in [3.8, 4) is 16.9 Å². The average molecular weight is 444 g/mol. The smallest absolute Gasteiger partial charge is 0.169 e. The molecule has 5 nitrogen and oxygen atoms in total. The van der Waals surface area contributed by atoms with E-state index in [0.29, 0.717) is 17.8 Å². The third-order valence-electron chi connectivity index (χ3n) is 7.39. The molecule has 2 saturated carbocycles. The van der Waals surface area contributed by atoms with E-state index in [4.69, 9.17) is 0 Å². The van der Waals surface area contributed by atoms with Crippen molar-refractivity contribution in [3.05, 3.63) is 53.7 Å². The van der Waals surface area contributed by atoms with Crippen LogP contribution in [0.3, 0.4) is 0 Å². The first kappa shape index (κ1) is 21.9. The molecule has 0 radical (unpaired) electrons. The Morgan fingerprint density at radius 2 is 1.70 bits per heavy atom. The number of phenols is 1. The van der Waals surface area contributed by atoms with Gasteiger partial charge in [0.05, 0.1) is 16.8 Å². The maximum Gasteiger partial charge on any atom is 0.169 e. The van der Waals surface area contributed by atoms with E-state index in [1.165, 1.54) is 0 Å². The second-order valence-corrected chi connectivity index (χ2v) is 10.0. The molecular formula is C28H33N3O2. The molecule has 0 unspecified atom stereocenters. The van der Waals surface area contributed by atoms with Crippen molar-refractivity contribution in [1.82, 2.24) is 9.88 Å². The summed E-state index contributed by atoms with van der Waals surface area (Å²) < 4.78 is 0. The van der Waals surface area contributed by atoms with Crippen LogP contribution >= 0.6 is 0 Å². The highest BCUT2D eigenvalue weighted by Crippen LogP contribution is 2.39. The minimum Gasteiger partial charge on any atom is -0.508 e. The van der Waals surface area contributed by atoms with Crippen LogP contribution in [-0.2, 0) is 0 Å². The number of aromatic hydroxyl groups is 1. The number of pyridine rings is 1. The van der Waals surface area contributed by atoms with Crippen molar-refractivity contribution in [2.75, 3.05) is 19.4 Å². The van der Waals surface area contributed by atoms with Crippen molar-refractivity contribution >= 4 is 22.4 Å². The summed E-state index contributed by atoms with van der Waals surface area (Å²) in [7, 11) is 4.32. The number of fused-ring (bicyclic) bond motifs is 1. The topological polar surface area (TPSA) is 65.5 Å². The highest BCUT2D eigenvalue weighted by Gasteiger charge is 2.33. The molecule has 0 atom stereocenters. The van der Waals surface area contributed by atoms with Gasteiger partial charge in [-0.15, -0.1) is 0 Å². The zero-order chi connectivity index (χ0) is 23.1. The second-order valence-electron chi connectivity index (χ2n) is 10.0. The van der Waals surface area contributed by atoms with E-state index in [0.717, 1.165) is 77.4 Å². The highest BCUT2D eigenvalue weighted by molar-refractivity contribution is 6.10. The zero-order valence-electron chi connectivity index (χ0n) is 19.8. The van der Waals surface area contributed by atoms with Crippen molar-refractivity contribution in [2.45, 2.75) is 57.5 Å². The maximum atomic E-state index is 13.2. The Bertz CT molecular complexity index is 1190. The highest BCUT2D eigenvalue weighted by atomic mass is 16.3. The van der Waals surface area contributed by atoms with Crippen molar-refractivity contribution in [3.63, 3.8) is 0 Å². The summed E-state index contributed by atoms with van der Waals surface area (Å²) in [5, 5.41) is 14.7. The van der Waals surface area contributed by atoms with E-state index in [1.807, 2.05) is 25.1 Å². The Balaban J connectivity index is 1.55. The minimum atomic E-state index is 0.150. The van der Waals surface area contributed by atoms with E-state index in [9.17, 15) is 9.90 Å². The summed E-state index contributed by atoms with van der Waals surface area (Å²) in [6, 6.07) is 12.9. The van der Waals surface area contributed by atoms with Crippen LogP contribution in [0.5, 0.6) is 5.75 Å². The van der Waals surface area contributed by atoms with Crippen LogP contribution in [0.1, 0.15) is 54.4 Å².